The molecule has 4 aromatic heterocycles. The van der Waals surface area contributed by atoms with E-state index in [4.69, 9.17) is 9.90 Å². The van der Waals surface area contributed by atoms with E-state index in [9.17, 15) is 18.0 Å². The first-order valence-electron chi connectivity index (χ1n) is 10.5. The number of aromatic nitrogens is 5. The lowest BCUT2D eigenvalue weighted by Crippen LogP contribution is -2.21. The number of carboxylic acid groups (broad SMARTS) is 1. The molecule has 9 nitrogen and oxygen atoms in total. The van der Waals surface area contributed by atoms with Gasteiger partial charge in [-0.3, -0.25) is 14.3 Å². The monoisotopic (exact) mass is 496 g/mol. The Hall–Kier alpha value is -4.74. The van der Waals surface area contributed by atoms with Gasteiger partial charge in [-0.15, -0.1) is 0 Å². The molecule has 0 aliphatic heterocycles. The summed E-state index contributed by atoms with van der Waals surface area (Å²) in [6, 6.07) is 15.4. The molecule has 4 heterocycles. The predicted molar refractivity (Wildman–Crippen MR) is 126 cm³/mol. The van der Waals surface area contributed by atoms with E-state index in [0.29, 0.717) is 17.3 Å². The van der Waals surface area contributed by atoms with Crippen molar-refractivity contribution in [3.8, 4) is 5.95 Å². The molecular formula is C24H19F3N6O3. The van der Waals surface area contributed by atoms with Crippen LogP contribution in [-0.2, 0) is 11.8 Å². The predicted octanol–water partition coefficient (Wildman–Crippen LogP) is 4.50. The van der Waals surface area contributed by atoms with E-state index in [1.54, 1.807) is 24.7 Å². The zero-order valence-corrected chi connectivity index (χ0v) is 19.0. The lowest BCUT2D eigenvalue weighted by molar-refractivity contribution is -0.192. The fourth-order valence-corrected chi connectivity index (χ4v) is 3.63. The number of anilines is 1. The fraction of sp³-hybridized carbons (Fsp3) is 0.125. The van der Waals surface area contributed by atoms with Gasteiger partial charge in [0.25, 0.3) is 5.91 Å². The van der Waals surface area contributed by atoms with Crippen LogP contribution < -0.4 is 5.32 Å². The fourth-order valence-electron chi connectivity index (χ4n) is 3.63. The number of aryl methyl sites for hydroxylation is 2. The van der Waals surface area contributed by atoms with Gasteiger partial charge in [0.15, 0.2) is 0 Å². The third-order valence-corrected chi connectivity index (χ3v) is 5.26. The first-order valence-corrected chi connectivity index (χ1v) is 10.5. The number of benzene rings is 1. The lowest BCUT2D eigenvalue weighted by Gasteiger charge is -2.09. The molecule has 0 saturated heterocycles. The topological polar surface area (TPSA) is 115 Å². The van der Waals surface area contributed by atoms with Crippen LogP contribution in [0.15, 0.2) is 67.1 Å². The molecule has 2 N–H and O–H groups in total. The largest absolute Gasteiger partial charge is 0.490 e. The molecule has 0 saturated carbocycles. The van der Waals surface area contributed by atoms with Crippen molar-refractivity contribution in [2.24, 2.45) is 7.05 Å². The van der Waals surface area contributed by atoms with E-state index < -0.39 is 12.1 Å². The molecule has 0 fully saturated rings. The standard InChI is InChI=1S/C22H18N6O.C2HF3O2/c1-14-8-9-15(13-25-14)26-21(29)19-12-18-20(28(19)22-23-10-5-11-24-22)16-6-3-4-7-17(16)27(18)2;3-2(4,5)1(6)7/h3-13H,1-2H3,(H,26,29);(H,6,7). The van der Waals surface area contributed by atoms with Crippen molar-refractivity contribution in [3.05, 3.63) is 78.5 Å². The molecule has 1 amide bonds. The van der Waals surface area contributed by atoms with Gasteiger partial charge in [-0.2, -0.15) is 13.2 Å². The number of aliphatic carboxylic acids is 1. The number of carboxylic acids is 1. The molecule has 0 atom stereocenters. The average molecular weight is 496 g/mol. The van der Waals surface area contributed by atoms with Gasteiger partial charge in [0.1, 0.15) is 5.69 Å². The van der Waals surface area contributed by atoms with Crippen LogP contribution in [0, 0.1) is 6.92 Å². The first kappa shape index (κ1) is 24.4. The number of hydrogen-bond acceptors (Lipinski definition) is 5. The molecule has 36 heavy (non-hydrogen) atoms. The van der Waals surface area contributed by atoms with Gasteiger partial charge in [-0.25, -0.2) is 14.8 Å². The number of carbonyl (C=O) groups excluding carboxylic acids is 1. The van der Waals surface area contributed by atoms with Crippen LogP contribution in [0.2, 0.25) is 0 Å². The molecule has 5 aromatic rings. The quantitative estimate of drug-likeness (QED) is 0.380. The molecule has 5 rings (SSSR count). The van der Waals surface area contributed by atoms with Crippen molar-refractivity contribution in [2.45, 2.75) is 13.1 Å². The maximum absolute atomic E-state index is 13.2. The summed E-state index contributed by atoms with van der Waals surface area (Å²) in [5.74, 6) is -2.55. The van der Waals surface area contributed by atoms with Gasteiger partial charge in [0.05, 0.1) is 28.4 Å². The van der Waals surface area contributed by atoms with Crippen LogP contribution in [0.3, 0.4) is 0 Å². The van der Waals surface area contributed by atoms with Crippen molar-refractivity contribution in [3.63, 3.8) is 0 Å². The first-order chi connectivity index (χ1) is 17.1. The van der Waals surface area contributed by atoms with E-state index in [1.165, 1.54) is 0 Å². The van der Waals surface area contributed by atoms with Gasteiger partial charge in [-0.1, -0.05) is 18.2 Å². The molecule has 0 unspecified atom stereocenters. The average Bonchev–Trinajstić information content (AvgIpc) is 3.37. The highest BCUT2D eigenvalue weighted by Gasteiger charge is 2.38. The Kier molecular flexibility index (Phi) is 6.43. The van der Waals surface area contributed by atoms with E-state index in [1.807, 2.05) is 54.9 Å². The van der Waals surface area contributed by atoms with Crippen LogP contribution in [-0.4, -0.2) is 47.2 Å². The Morgan fingerprint density at radius 2 is 1.64 bits per heavy atom. The zero-order valence-electron chi connectivity index (χ0n) is 19.0. The summed E-state index contributed by atoms with van der Waals surface area (Å²) in [6.07, 6.45) is -0.0929. The van der Waals surface area contributed by atoms with E-state index in [-0.39, 0.29) is 5.91 Å². The highest BCUT2D eigenvalue weighted by atomic mass is 19.4. The van der Waals surface area contributed by atoms with Gasteiger partial charge in [0, 0.05) is 30.5 Å². The van der Waals surface area contributed by atoms with E-state index >= 15 is 0 Å². The lowest BCUT2D eigenvalue weighted by atomic mass is 10.2. The number of alkyl halides is 3. The Bertz CT molecular complexity index is 1560. The number of amides is 1. The molecule has 0 radical (unpaired) electrons. The third kappa shape index (κ3) is 4.73. The molecule has 0 aliphatic carbocycles. The van der Waals surface area contributed by atoms with Crippen LogP contribution in [0.4, 0.5) is 18.9 Å². The number of nitrogens with one attached hydrogen (secondary N) is 1. The number of hydrogen-bond donors (Lipinski definition) is 2. The Morgan fingerprint density at radius 3 is 2.25 bits per heavy atom. The molecule has 0 aliphatic rings. The van der Waals surface area contributed by atoms with E-state index in [2.05, 4.69) is 30.9 Å². The van der Waals surface area contributed by atoms with Gasteiger partial charge in [-0.05, 0) is 37.3 Å². The molecule has 184 valence electrons. The number of pyridine rings is 1. The number of fused-ring (bicyclic) bond motifs is 3. The summed E-state index contributed by atoms with van der Waals surface area (Å²) >= 11 is 0. The second-order valence-corrected chi connectivity index (χ2v) is 7.67. The summed E-state index contributed by atoms with van der Waals surface area (Å²) in [6.45, 7) is 1.90. The maximum Gasteiger partial charge on any atom is 0.490 e. The minimum Gasteiger partial charge on any atom is -0.475 e. The molecule has 1 aromatic carbocycles. The van der Waals surface area contributed by atoms with Crippen LogP contribution >= 0.6 is 0 Å². The number of para-hydroxylation sites is 1. The number of nitrogens with zero attached hydrogens (tertiary/aromatic N) is 5. The summed E-state index contributed by atoms with van der Waals surface area (Å²) in [7, 11) is 1.99. The van der Waals surface area contributed by atoms with Crippen molar-refractivity contribution in [1.82, 2.24) is 24.1 Å². The summed E-state index contributed by atoms with van der Waals surface area (Å²) in [5.41, 5.74) is 4.91. The minimum absolute atomic E-state index is 0.247. The molecular weight excluding hydrogens is 477 g/mol. The zero-order chi connectivity index (χ0) is 26.0. The summed E-state index contributed by atoms with van der Waals surface area (Å²) in [4.78, 5) is 35.1. The number of carbonyl (C=O) groups is 2. The maximum atomic E-state index is 13.2. The molecule has 0 bridgehead atoms. The normalized spacial score (nSPS) is 11.2. The highest BCUT2D eigenvalue weighted by molar-refractivity contribution is 6.13. The van der Waals surface area contributed by atoms with Crippen LogP contribution in [0.5, 0.6) is 0 Å². The minimum atomic E-state index is -5.08. The van der Waals surface area contributed by atoms with Gasteiger partial charge >= 0.3 is 12.1 Å². The molecule has 0 spiro atoms. The third-order valence-electron chi connectivity index (χ3n) is 5.26. The van der Waals surface area contributed by atoms with Crippen molar-refractivity contribution >= 4 is 39.5 Å². The Balaban J connectivity index is 0.000000384. The number of rotatable bonds is 3. The summed E-state index contributed by atoms with van der Waals surface area (Å²) in [5, 5.41) is 11.1. The van der Waals surface area contributed by atoms with Crippen molar-refractivity contribution in [1.29, 1.82) is 0 Å². The van der Waals surface area contributed by atoms with Crippen LogP contribution in [0.1, 0.15) is 16.2 Å². The van der Waals surface area contributed by atoms with E-state index in [0.717, 1.165) is 27.6 Å². The van der Waals surface area contributed by atoms with Gasteiger partial charge in [0.2, 0.25) is 5.95 Å². The second-order valence-electron chi connectivity index (χ2n) is 7.67. The van der Waals surface area contributed by atoms with Crippen molar-refractivity contribution in [2.75, 3.05) is 5.32 Å². The van der Waals surface area contributed by atoms with Crippen molar-refractivity contribution < 1.29 is 27.9 Å². The second kappa shape index (κ2) is 9.49. The smallest absolute Gasteiger partial charge is 0.475 e. The van der Waals surface area contributed by atoms with Crippen LogP contribution in [0.25, 0.3) is 27.9 Å². The van der Waals surface area contributed by atoms with Gasteiger partial charge < -0.3 is 15.0 Å². The highest BCUT2D eigenvalue weighted by Crippen LogP contribution is 2.32. The number of halogens is 3. The Morgan fingerprint density at radius 1 is 0.972 bits per heavy atom. The SMILES string of the molecule is Cc1ccc(NC(=O)c2cc3c(c4ccccc4n3C)n2-c2ncccn2)cn1.O=C(O)C(F)(F)F. The summed E-state index contributed by atoms with van der Waals surface area (Å²) < 4.78 is 35.6. The molecule has 12 heteroatoms. The Labute approximate surface area is 201 Å².